The fraction of sp³-hybridized carbons (Fsp3) is 0.583. The number of nitrogens with zero attached hydrogens (tertiary/aromatic N) is 1. The molecule has 1 aromatic heterocycles. The summed E-state index contributed by atoms with van der Waals surface area (Å²) >= 11 is 0. The van der Waals surface area contributed by atoms with Gasteiger partial charge in [0.05, 0.1) is 17.9 Å². The first-order chi connectivity index (χ1) is 7.29. The number of rotatable bonds is 2. The normalized spacial score (nSPS) is 11.6. The second-order valence-electron chi connectivity index (χ2n) is 4.87. The van der Waals surface area contributed by atoms with Gasteiger partial charge < -0.3 is 10.6 Å². The molecule has 0 aliphatic rings. The first-order valence-electron chi connectivity index (χ1n) is 5.44. The van der Waals surface area contributed by atoms with E-state index in [2.05, 4.69) is 20.8 Å². The predicted octanol–water partition coefficient (Wildman–Crippen LogP) is 1.98. The molecule has 0 atom stereocenters. The fourth-order valence-electron chi connectivity index (χ4n) is 1.61. The zero-order chi connectivity index (χ0) is 12.5. The van der Waals surface area contributed by atoms with Crippen LogP contribution in [-0.2, 0) is 10.2 Å². The maximum absolute atomic E-state index is 11.7. The van der Waals surface area contributed by atoms with E-state index in [0.29, 0.717) is 12.2 Å². The minimum Gasteiger partial charge on any atom is -0.462 e. The number of esters is 1. The van der Waals surface area contributed by atoms with Gasteiger partial charge in [-0.2, -0.15) is 0 Å². The highest BCUT2D eigenvalue weighted by atomic mass is 16.5. The molecular formula is C12H20N2O2. The molecule has 4 nitrogen and oxygen atoms in total. The molecule has 0 amide bonds. The van der Waals surface area contributed by atoms with E-state index in [9.17, 15) is 4.79 Å². The van der Waals surface area contributed by atoms with Gasteiger partial charge in [0.1, 0.15) is 0 Å². The minimum atomic E-state index is -0.310. The molecule has 1 aromatic rings. The van der Waals surface area contributed by atoms with E-state index >= 15 is 0 Å². The van der Waals surface area contributed by atoms with Crippen LogP contribution in [0.1, 0.15) is 49.4 Å². The van der Waals surface area contributed by atoms with Crippen molar-refractivity contribution in [2.45, 2.75) is 40.0 Å². The largest absolute Gasteiger partial charge is 0.462 e. The summed E-state index contributed by atoms with van der Waals surface area (Å²) in [6.07, 6.45) is 0. The Labute approximate surface area is 96.4 Å². The van der Waals surface area contributed by atoms with Gasteiger partial charge in [-0.05, 0) is 19.9 Å². The molecule has 0 aromatic carbocycles. The lowest BCUT2D eigenvalue weighted by atomic mass is 9.92. The number of aromatic nitrogens is 1. The van der Waals surface area contributed by atoms with Gasteiger partial charge in [0.25, 0.3) is 0 Å². The van der Waals surface area contributed by atoms with Gasteiger partial charge in [0.2, 0.25) is 0 Å². The van der Waals surface area contributed by atoms with Crippen LogP contribution < -0.4 is 5.84 Å². The van der Waals surface area contributed by atoms with Crippen molar-refractivity contribution in [3.63, 3.8) is 0 Å². The minimum absolute atomic E-state index is 0.0930. The van der Waals surface area contributed by atoms with E-state index in [4.69, 9.17) is 10.6 Å². The summed E-state index contributed by atoms with van der Waals surface area (Å²) in [4.78, 5) is 11.7. The maximum Gasteiger partial charge on any atom is 0.340 e. The standard InChI is InChI=1S/C12H20N2O2/c1-6-16-11(15)9-7-10(12(3,4)5)14(13)8(9)2/h7H,6,13H2,1-5H3. The monoisotopic (exact) mass is 224 g/mol. The van der Waals surface area contributed by atoms with E-state index in [1.807, 2.05) is 13.0 Å². The van der Waals surface area contributed by atoms with E-state index in [-0.39, 0.29) is 11.4 Å². The zero-order valence-electron chi connectivity index (χ0n) is 10.6. The molecule has 4 heteroatoms. The molecule has 0 bridgehead atoms. The van der Waals surface area contributed by atoms with Crippen LogP contribution in [0.5, 0.6) is 0 Å². The van der Waals surface area contributed by atoms with Crippen LogP contribution in [0.15, 0.2) is 6.07 Å². The summed E-state index contributed by atoms with van der Waals surface area (Å²) in [7, 11) is 0. The molecule has 0 fully saturated rings. The first-order valence-corrected chi connectivity index (χ1v) is 5.44. The summed E-state index contributed by atoms with van der Waals surface area (Å²) in [5, 5.41) is 0. The van der Waals surface area contributed by atoms with Crippen molar-refractivity contribution < 1.29 is 9.53 Å². The van der Waals surface area contributed by atoms with Gasteiger partial charge in [-0.3, -0.25) is 4.68 Å². The van der Waals surface area contributed by atoms with Crippen molar-refractivity contribution in [1.29, 1.82) is 0 Å². The second-order valence-corrected chi connectivity index (χ2v) is 4.87. The Morgan fingerprint density at radius 1 is 1.50 bits per heavy atom. The molecule has 0 aliphatic heterocycles. The Morgan fingerprint density at radius 3 is 2.44 bits per heavy atom. The number of carbonyl (C=O) groups is 1. The lowest BCUT2D eigenvalue weighted by Crippen LogP contribution is -2.23. The Hall–Kier alpha value is -1.45. The maximum atomic E-state index is 11.7. The molecular weight excluding hydrogens is 204 g/mol. The van der Waals surface area contributed by atoms with E-state index in [1.54, 1.807) is 11.6 Å². The van der Waals surface area contributed by atoms with Gasteiger partial charge in [-0.15, -0.1) is 0 Å². The van der Waals surface area contributed by atoms with Crippen LogP contribution in [0.4, 0.5) is 0 Å². The molecule has 1 rings (SSSR count). The van der Waals surface area contributed by atoms with Crippen LogP contribution in [0.25, 0.3) is 0 Å². The third-order valence-electron chi connectivity index (χ3n) is 2.56. The van der Waals surface area contributed by atoms with Gasteiger partial charge >= 0.3 is 5.97 Å². The molecule has 90 valence electrons. The van der Waals surface area contributed by atoms with Gasteiger partial charge in [0.15, 0.2) is 0 Å². The highest BCUT2D eigenvalue weighted by Gasteiger charge is 2.24. The molecule has 0 saturated heterocycles. The highest BCUT2D eigenvalue weighted by molar-refractivity contribution is 5.91. The highest BCUT2D eigenvalue weighted by Crippen LogP contribution is 2.25. The number of hydrogen-bond acceptors (Lipinski definition) is 3. The SMILES string of the molecule is CCOC(=O)c1cc(C(C)(C)C)n(N)c1C. The Balaban J connectivity index is 3.20. The van der Waals surface area contributed by atoms with Crippen molar-refractivity contribution in [2.24, 2.45) is 0 Å². The molecule has 16 heavy (non-hydrogen) atoms. The summed E-state index contributed by atoms with van der Waals surface area (Å²) in [5.74, 6) is 5.62. The van der Waals surface area contributed by atoms with E-state index in [1.165, 1.54) is 0 Å². The van der Waals surface area contributed by atoms with E-state index in [0.717, 1.165) is 11.4 Å². The van der Waals surface area contributed by atoms with Crippen molar-refractivity contribution in [3.05, 3.63) is 23.0 Å². The van der Waals surface area contributed by atoms with Gasteiger partial charge in [0, 0.05) is 11.1 Å². The number of ether oxygens (including phenoxy) is 1. The fourth-order valence-corrected chi connectivity index (χ4v) is 1.61. The first kappa shape index (κ1) is 12.6. The molecule has 0 unspecified atom stereocenters. The number of hydrogen-bond donors (Lipinski definition) is 1. The van der Waals surface area contributed by atoms with Gasteiger partial charge in [-0.1, -0.05) is 20.8 Å². The summed E-state index contributed by atoms with van der Waals surface area (Å²) in [6.45, 7) is 10.2. The van der Waals surface area contributed by atoms with Crippen molar-refractivity contribution in [3.8, 4) is 0 Å². The third kappa shape index (κ3) is 2.21. The Kier molecular flexibility index (Phi) is 3.31. The van der Waals surface area contributed by atoms with Gasteiger partial charge in [-0.25, -0.2) is 4.79 Å². The van der Waals surface area contributed by atoms with Crippen LogP contribution >= 0.6 is 0 Å². The van der Waals surface area contributed by atoms with E-state index < -0.39 is 0 Å². The molecule has 0 spiro atoms. The van der Waals surface area contributed by atoms with Crippen molar-refractivity contribution in [1.82, 2.24) is 4.68 Å². The smallest absolute Gasteiger partial charge is 0.340 e. The summed E-state index contributed by atoms with van der Waals surface area (Å²) in [6, 6.07) is 1.81. The molecule has 2 N–H and O–H groups in total. The molecule has 0 aliphatic carbocycles. The van der Waals surface area contributed by atoms with Crippen molar-refractivity contribution in [2.75, 3.05) is 12.4 Å². The van der Waals surface area contributed by atoms with Crippen LogP contribution in [0, 0.1) is 6.92 Å². The third-order valence-corrected chi connectivity index (χ3v) is 2.56. The zero-order valence-corrected chi connectivity index (χ0v) is 10.6. The van der Waals surface area contributed by atoms with Crippen LogP contribution in [-0.4, -0.2) is 17.3 Å². The second kappa shape index (κ2) is 4.20. The van der Waals surface area contributed by atoms with Crippen molar-refractivity contribution >= 4 is 5.97 Å². The predicted molar refractivity (Wildman–Crippen MR) is 64.0 cm³/mol. The average molecular weight is 224 g/mol. The summed E-state index contributed by atoms with van der Waals surface area (Å²) in [5.41, 5.74) is 2.12. The number of carbonyl (C=O) groups excluding carboxylic acids is 1. The molecule has 0 saturated carbocycles. The lowest BCUT2D eigenvalue weighted by molar-refractivity contribution is 0.0525. The summed E-state index contributed by atoms with van der Waals surface area (Å²) < 4.78 is 6.54. The lowest BCUT2D eigenvalue weighted by Gasteiger charge is -2.19. The Morgan fingerprint density at radius 2 is 2.06 bits per heavy atom. The molecule has 0 radical (unpaired) electrons. The number of nitrogen functional groups attached to an aromatic ring is 1. The quantitative estimate of drug-likeness (QED) is 0.617. The van der Waals surface area contributed by atoms with Crippen LogP contribution in [0.2, 0.25) is 0 Å². The average Bonchev–Trinajstić information content (AvgIpc) is 2.44. The van der Waals surface area contributed by atoms with Crippen LogP contribution in [0.3, 0.4) is 0 Å². The Bertz CT molecular complexity index is 400. The number of nitrogens with two attached hydrogens (primary N) is 1. The topological polar surface area (TPSA) is 57.2 Å². The molecule has 1 heterocycles.